The third-order valence-electron chi connectivity index (χ3n) is 3.60. The molecule has 1 aromatic rings. The molecule has 0 spiro atoms. The maximum absolute atomic E-state index is 12.4. The molecule has 2 rings (SSSR count). The Morgan fingerprint density at radius 1 is 1.42 bits per heavy atom. The highest BCUT2D eigenvalue weighted by Gasteiger charge is 2.26. The summed E-state index contributed by atoms with van der Waals surface area (Å²) in [6.07, 6.45) is 3.46. The monoisotopic (exact) mass is 256 g/mol. The Morgan fingerprint density at radius 3 is 2.74 bits per heavy atom. The Kier molecular flexibility index (Phi) is 4.24. The van der Waals surface area contributed by atoms with E-state index in [4.69, 9.17) is 5.73 Å². The topological polar surface area (TPSA) is 46.3 Å². The minimum atomic E-state index is 0.0872. The number of rotatable bonds is 2. The van der Waals surface area contributed by atoms with Gasteiger partial charge in [-0.3, -0.25) is 4.79 Å². The van der Waals surface area contributed by atoms with Gasteiger partial charge in [0.2, 0.25) is 0 Å². The molecule has 3 nitrogen and oxygen atoms in total. The Balaban J connectivity index is 2.23. The molecule has 0 unspecified atom stereocenters. The van der Waals surface area contributed by atoms with E-state index in [9.17, 15) is 4.79 Å². The minimum Gasteiger partial charge on any atom is -0.339 e. The molecule has 100 valence electrons. The second-order valence-electron chi connectivity index (χ2n) is 5.09. The summed E-state index contributed by atoms with van der Waals surface area (Å²) in [5.74, 6) is 5.90. The van der Waals surface area contributed by atoms with Crippen molar-refractivity contribution < 1.29 is 4.79 Å². The van der Waals surface area contributed by atoms with Crippen molar-refractivity contribution in [2.24, 2.45) is 5.73 Å². The summed E-state index contributed by atoms with van der Waals surface area (Å²) in [6.45, 7) is 2.31. The number of carbonyl (C=O) groups is 1. The van der Waals surface area contributed by atoms with Gasteiger partial charge >= 0.3 is 0 Å². The maximum Gasteiger partial charge on any atom is 0.253 e. The van der Waals surface area contributed by atoms with Crippen LogP contribution in [-0.4, -0.2) is 30.4 Å². The zero-order valence-electron chi connectivity index (χ0n) is 11.6. The Hall–Kier alpha value is -1.79. The van der Waals surface area contributed by atoms with E-state index >= 15 is 0 Å². The lowest BCUT2D eigenvalue weighted by Gasteiger charge is -2.34. The largest absolute Gasteiger partial charge is 0.339 e. The summed E-state index contributed by atoms with van der Waals surface area (Å²) in [5, 5.41) is 0. The van der Waals surface area contributed by atoms with Crippen LogP contribution in [0, 0.1) is 18.8 Å². The molecule has 1 aliphatic rings. The molecule has 0 aliphatic heterocycles. The summed E-state index contributed by atoms with van der Waals surface area (Å²) in [4.78, 5) is 14.3. The van der Waals surface area contributed by atoms with Crippen molar-refractivity contribution in [1.82, 2.24) is 4.90 Å². The third kappa shape index (κ3) is 3.15. The highest BCUT2D eigenvalue weighted by Crippen LogP contribution is 2.25. The van der Waals surface area contributed by atoms with Crippen molar-refractivity contribution in [3.05, 3.63) is 34.9 Å². The van der Waals surface area contributed by atoms with Crippen molar-refractivity contribution in [3.63, 3.8) is 0 Å². The van der Waals surface area contributed by atoms with Gasteiger partial charge in [0, 0.05) is 24.2 Å². The van der Waals surface area contributed by atoms with Crippen LogP contribution in [0.25, 0.3) is 0 Å². The van der Waals surface area contributed by atoms with Crippen LogP contribution >= 0.6 is 0 Å². The molecule has 0 heterocycles. The lowest BCUT2D eigenvalue weighted by atomic mass is 9.91. The van der Waals surface area contributed by atoms with Crippen molar-refractivity contribution >= 4 is 5.91 Å². The van der Waals surface area contributed by atoms with E-state index in [1.54, 1.807) is 0 Å². The Bertz CT molecular complexity index is 535. The number of hydrogen-bond acceptors (Lipinski definition) is 2. The molecule has 1 aliphatic carbocycles. The summed E-state index contributed by atoms with van der Waals surface area (Å²) < 4.78 is 0. The zero-order chi connectivity index (χ0) is 13.8. The van der Waals surface area contributed by atoms with Gasteiger partial charge in [-0.15, -0.1) is 0 Å². The van der Waals surface area contributed by atoms with E-state index in [2.05, 4.69) is 11.8 Å². The first-order chi connectivity index (χ1) is 9.11. The van der Waals surface area contributed by atoms with Crippen molar-refractivity contribution in [1.29, 1.82) is 0 Å². The van der Waals surface area contributed by atoms with Gasteiger partial charge in [0.25, 0.3) is 5.91 Å². The number of hydrogen-bond donors (Lipinski definition) is 1. The van der Waals surface area contributed by atoms with E-state index in [0.29, 0.717) is 12.6 Å². The number of amides is 1. The molecular formula is C16H20N2O. The molecule has 1 aromatic carbocycles. The lowest BCUT2D eigenvalue weighted by Crippen LogP contribution is -2.41. The van der Waals surface area contributed by atoms with Gasteiger partial charge in [0.1, 0.15) is 0 Å². The highest BCUT2D eigenvalue weighted by atomic mass is 16.2. The van der Waals surface area contributed by atoms with Crippen molar-refractivity contribution in [3.8, 4) is 11.8 Å². The molecule has 2 N–H and O–H groups in total. The SMILES string of the molecule is Cc1cc(C#CCN)cc(C(=O)N(C)C2CCC2)c1. The molecule has 0 atom stereocenters. The number of nitrogens with zero attached hydrogens (tertiary/aromatic N) is 1. The van der Waals surface area contributed by atoms with Crippen LogP contribution in [-0.2, 0) is 0 Å². The normalized spacial score (nSPS) is 14.3. The van der Waals surface area contributed by atoms with Gasteiger partial charge in [-0.1, -0.05) is 11.8 Å². The molecule has 1 amide bonds. The third-order valence-corrected chi connectivity index (χ3v) is 3.60. The average molecular weight is 256 g/mol. The quantitative estimate of drug-likeness (QED) is 0.822. The summed E-state index contributed by atoms with van der Waals surface area (Å²) in [7, 11) is 1.89. The number of aryl methyl sites for hydroxylation is 1. The molecule has 1 saturated carbocycles. The first-order valence-corrected chi connectivity index (χ1v) is 6.69. The van der Waals surface area contributed by atoms with Crippen LogP contribution in [0.4, 0.5) is 0 Å². The number of benzene rings is 1. The van der Waals surface area contributed by atoms with Gasteiger partial charge in [-0.2, -0.15) is 0 Å². The zero-order valence-corrected chi connectivity index (χ0v) is 11.6. The van der Waals surface area contributed by atoms with E-state index in [0.717, 1.165) is 29.5 Å². The molecule has 3 heteroatoms. The van der Waals surface area contributed by atoms with Crippen LogP contribution in [0.1, 0.15) is 40.7 Å². The summed E-state index contributed by atoms with van der Waals surface area (Å²) in [6, 6.07) is 6.16. The van der Waals surface area contributed by atoms with Gasteiger partial charge < -0.3 is 10.6 Å². The fraction of sp³-hybridized carbons (Fsp3) is 0.438. The van der Waals surface area contributed by atoms with E-state index in [1.807, 2.05) is 37.1 Å². The molecule has 0 bridgehead atoms. The van der Waals surface area contributed by atoms with E-state index in [-0.39, 0.29) is 5.91 Å². The van der Waals surface area contributed by atoms with Crippen LogP contribution in [0.3, 0.4) is 0 Å². The van der Waals surface area contributed by atoms with Crippen LogP contribution < -0.4 is 5.73 Å². The van der Waals surface area contributed by atoms with Crippen LogP contribution in [0.2, 0.25) is 0 Å². The van der Waals surface area contributed by atoms with Crippen molar-refractivity contribution in [2.75, 3.05) is 13.6 Å². The standard InChI is InChI=1S/C16H20N2O/c1-12-9-13(5-4-8-17)11-14(10-12)16(19)18(2)15-6-3-7-15/h9-11,15H,3,6-8,17H2,1-2H3. The second kappa shape index (κ2) is 5.90. The highest BCUT2D eigenvalue weighted by molar-refractivity contribution is 5.95. The van der Waals surface area contributed by atoms with Gasteiger partial charge in [-0.05, 0) is 49.9 Å². The van der Waals surface area contributed by atoms with Crippen molar-refractivity contribution in [2.45, 2.75) is 32.2 Å². The summed E-state index contributed by atoms with van der Waals surface area (Å²) >= 11 is 0. The molecule has 19 heavy (non-hydrogen) atoms. The minimum absolute atomic E-state index is 0.0872. The second-order valence-corrected chi connectivity index (χ2v) is 5.09. The molecular weight excluding hydrogens is 236 g/mol. The first-order valence-electron chi connectivity index (χ1n) is 6.69. The summed E-state index contributed by atoms with van der Waals surface area (Å²) in [5.41, 5.74) is 8.00. The molecule has 0 saturated heterocycles. The molecule has 1 fully saturated rings. The van der Waals surface area contributed by atoms with Gasteiger partial charge in [0.15, 0.2) is 0 Å². The maximum atomic E-state index is 12.4. The van der Waals surface area contributed by atoms with E-state index < -0.39 is 0 Å². The fourth-order valence-electron chi connectivity index (χ4n) is 2.28. The van der Waals surface area contributed by atoms with Gasteiger partial charge in [0.05, 0.1) is 6.54 Å². The predicted octanol–water partition coefficient (Wildman–Crippen LogP) is 1.93. The van der Waals surface area contributed by atoms with Crippen LogP contribution in [0.15, 0.2) is 18.2 Å². The van der Waals surface area contributed by atoms with Gasteiger partial charge in [-0.25, -0.2) is 0 Å². The lowest BCUT2D eigenvalue weighted by molar-refractivity contribution is 0.0652. The Morgan fingerprint density at radius 2 is 2.16 bits per heavy atom. The van der Waals surface area contributed by atoms with E-state index in [1.165, 1.54) is 6.42 Å². The predicted molar refractivity (Wildman–Crippen MR) is 76.8 cm³/mol. The number of carbonyl (C=O) groups excluding carboxylic acids is 1. The smallest absolute Gasteiger partial charge is 0.253 e. The molecule has 0 radical (unpaired) electrons. The first kappa shape index (κ1) is 13.6. The fourth-order valence-corrected chi connectivity index (χ4v) is 2.28. The Labute approximate surface area is 114 Å². The van der Waals surface area contributed by atoms with Crippen LogP contribution in [0.5, 0.6) is 0 Å². The number of nitrogens with two attached hydrogens (primary N) is 1. The molecule has 0 aromatic heterocycles. The average Bonchev–Trinajstić information content (AvgIpc) is 2.32.